The number of carbonyl (C=O) groups is 1. The molecule has 1 aliphatic rings. The molecule has 32 heavy (non-hydrogen) atoms. The lowest BCUT2D eigenvalue weighted by atomic mass is 9.81. The van der Waals surface area contributed by atoms with E-state index in [1.165, 1.54) is 0 Å². The molecule has 1 aliphatic carbocycles. The fourth-order valence-electron chi connectivity index (χ4n) is 3.94. The lowest BCUT2D eigenvalue weighted by Crippen LogP contribution is -2.31. The second-order valence-corrected chi connectivity index (χ2v) is 8.52. The average molecular weight is 470 g/mol. The number of pyridine rings is 1. The number of aliphatic carboxylic acids is 1. The van der Waals surface area contributed by atoms with Crippen LogP contribution in [0.15, 0.2) is 17.6 Å². The number of hydrogen-bond acceptors (Lipinski definition) is 7. The molecule has 4 atom stereocenters. The van der Waals surface area contributed by atoms with E-state index in [4.69, 9.17) is 15.2 Å². The van der Waals surface area contributed by atoms with Crippen molar-refractivity contribution in [2.75, 3.05) is 0 Å². The standard InChI is InChI=1S/C18H20N4O2S.C2HF3O2/c1-10(23)18-21-14-9-20-13-5-7-25-17(13)16(14)22(18)12-3-2-11(4-6-19)15(24)8-12;3-2(4,5)1(6)7/h5,7,9-12,15,23-24H,2-4,8H2,1H3;(H,6,7)/t10-,11-,12+,15+;/m1./s1. The van der Waals surface area contributed by atoms with Crippen LogP contribution in [0.5, 0.6) is 0 Å². The van der Waals surface area contributed by atoms with E-state index in [0.717, 1.165) is 34.1 Å². The van der Waals surface area contributed by atoms with Crippen LogP contribution in [0.4, 0.5) is 13.2 Å². The zero-order chi connectivity index (χ0) is 23.6. The molecule has 0 saturated heterocycles. The summed E-state index contributed by atoms with van der Waals surface area (Å²) in [7, 11) is 0. The van der Waals surface area contributed by atoms with E-state index in [2.05, 4.69) is 20.6 Å². The number of hydrogen-bond donors (Lipinski definition) is 3. The number of aliphatic hydroxyl groups excluding tert-OH is 2. The zero-order valence-corrected chi connectivity index (χ0v) is 17.8. The molecule has 0 unspecified atom stereocenters. The van der Waals surface area contributed by atoms with Crippen LogP contribution in [-0.2, 0) is 4.79 Å². The SMILES string of the molecule is C[C@@H](O)c1nc2cnc3ccsc3c2n1[C@H]1CC[C@H](CC#N)[C@@H](O)C1.O=C(O)C(F)(F)F. The van der Waals surface area contributed by atoms with Gasteiger partial charge in [0.1, 0.15) is 17.4 Å². The van der Waals surface area contributed by atoms with Crippen LogP contribution >= 0.6 is 11.3 Å². The first-order valence-electron chi connectivity index (χ1n) is 9.81. The molecule has 8 nitrogen and oxygen atoms in total. The summed E-state index contributed by atoms with van der Waals surface area (Å²) in [6.07, 6.45) is -1.89. The Hall–Kier alpha value is -2.75. The van der Waals surface area contributed by atoms with Crippen LogP contribution in [0.3, 0.4) is 0 Å². The van der Waals surface area contributed by atoms with Gasteiger partial charge in [0, 0.05) is 12.5 Å². The summed E-state index contributed by atoms with van der Waals surface area (Å²) in [5, 5.41) is 38.8. The summed E-state index contributed by atoms with van der Waals surface area (Å²) >= 11 is 1.62. The van der Waals surface area contributed by atoms with Crippen molar-refractivity contribution in [3.05, 3.63) is 23.5 Å². The van der Waals surface area contributed by atoms with Gasteiger partial charge in [-0.2, -0.15) is 18.4 Å². The Morgan fingerprint density at radius 1 is 1.41 bits per heavy atom. The predicted octanol–water partition coefficient (Wildman–Crippen LogP) is 3.95. The summed E-state index contributed by atoms with van der Waals surface area (Å²) in [5.41, 5.74) is 2.70. The van der Waals surface area contributed by atoms with Crippen molar-refractivity contribution in [2.45, 2.75) is 57.0 Å². The fraction of sp³-hybridized carbons (Fsp3) is 0.500. The number of carboxylic acid groups (broad SMARTS) is 1. The minimum atomic E-state index is -5.08. The van der Waals surface area contributed by atoms with Crippen LogP contribution in [0, 0.1) is 17.2 Å². The van der Waals surface area contributed by atoms with Gasteiger partial charge in [-0.05, 0) is 43.6 Å². The molecule has 3 aromatic heterocycles. The molecular weight excluding hydrogens is 449 g/mol. The summed E-state index contributed by atoms with van der Waals surface area (Å²) in [6.45, 7) is 1.72. The number of halogens is 3. The van der Waals surface area contributed by atoms with Gasteiger partial charge in [0.25, 0.3) is 0 Å². The molecule has 1 fully saturated rings. The maximum Gasteiger partial charge on any atom is 0.490 e. The molecule has 0 aliphatic heterocycles. The molecule has 3 N–H and O–H groups in total. The van der Waals surface area contributed by atoms with E-state index in [0.29, 0.717) is 18.7 Å². The topological polar surface area (TPSA) is 132 Å². The number of nitriles is 1. The lowest BCUT2D eigenvalue weighted by molar-refractivity contribution is -0.192. The summed E-state index contributed by atoms with van der Waals surface area (Å²) in [4.78, 5) is 18.0. The minimum Gasteiger partial charge on any atom is -0.475 e. The van der Waals surface area contributed by atoms with Crippen molar-refractivity contribution < 1.29 is 33.3 Å². The maximum absolute atomic E-state index is 10.6. The first-order chi connectivity index (χ1) is 15.0. The number of carboxylic acids is 1. The number of aliphatic hydroxyl groups is 2. The number of imidazole rings is 1. The van der Waals surface area contributed by atoms with Crippen molar-refractivity contribution in [3.63, 3.8) is 0 Å². The van der Waals surface area contributed by atoms with Crippen molar-refractivity contribution in [1.82, 2.24) is 14.5 Å². The van der Waals surface area contributed by atoms with Crippen molar-refractivity contribution >= 4 is 38.6 Å². The number of thiophene rings is 1. The van der Waals surface area contributed by atoms with E-state index in [9.17, 15) is 23.4 Å². The van der Waals surface area contributed by atoms with Gasteiger partial charge in [-0.1, -0.05) is 0 Å². The third-order valence-corrected chi connectivity index (χ3v) is 6.32. The van der Waals surface area contributed by atoms with E-state index in [1.807, 2.05) is 11.4 Å². The first-order valence-corrected chi connectivity index (χ1v) is 10.7. The highest BCUT2D eigenvalue weighted by molar-refractivity contribution is 7.18. The average Bonchev–Trinajstić information content (AvgIpc) is 3.33. The Kier molecular flexibility index (Phi) is 7.02. The van der Waals surface area contributed by atoms with Gasteiger partial charge in [0.05, 0.1) is 34.1 Å². The summed E-state index contributed by atoms with van der Waals surface area (Å²) in [6, 6.07) is 4.22. The molecule has 4 rings (SSSR count). The normalized spacial score (nSPS) is 22.2. The van der Waals surface area contributed by atoms with Crippen molar-refractivity contribution in [2.24, 2.45) is 5.92 Å². The highest BCUT2D eigenvalue weighted by atomic mass is 32.1. The Morgan fingerprint density at radius 3 is 2.66 bits per heavy atom. The molecule has 0 aromatic carbocycles. The molecule has 12 heteroatoms. The number of nitrogens with zero attached hydrogens (tertiary/aromatic N) is 4. The Morgan fingerprint density at radius 2 is 2.09 bits per heavy atom. The highest BCUT2D eigenvalue weighted by Crippen LogP contribution is 2.40. The Balaban J connectivity index is 0.000000360. The highest BCUT2D eigenvalue weighted by Gasteiger charge is 2.38. The second kappa shape index (κ2) is 9.40. The molecule has 0 radical (unpaired) electrons. The van der Waals surface area contributed by atoms with Gasteiger partial charge >= 0.3 is 12.1 Å². The number of aromatic nitrogens is 3. The summed E-state index contributed by atoms with van der Waals surface area (Å²) < 4.78 is 34.9. The van der Waals surface area contributed by atoms with Crippen LogP contribution in [0.1, 0.15) is 50.6 Å². The Bertz CT molecular complexity index is 1150. The van der Waals surface area contributed by atoms with Crippen LogP contribution in [0.25, 0.3) is 21.3 Å². The van der Waals surface area contributed by atoms with Gasteiger partial charge in [-0.25, -0.2) is 9.78 Å². The largest absolute Gasteiger partial charge is 0.490 e. The summed E-state index contributed by atoms with van der Waals surface area (Å²) in [5.74, 6) is -2.10. The maximum atomic E-state index is 10.6. The predicted molar refractivity (Wildman–Crippen MR) is 110 cm³/mol. The van der Waals surface area contributed by atoms with Crippen LogP contribution in [-0.4, -0.2) is 48.1 Å². The molecule has 0 amide bonds. The number of alkyl halides is 3. The van der Waals surface area contributed by atoms with Crippen molar-refractivity contribution in [3.8, 4) is 6.07 Å². The number of fused-ring (bicyclic) bond motifs is 3. The van der Waals surface area contributed by atoms with Gasteiger partial charge in [-0.15, -0.1) is 11.3 Å². The molecule has 172 valence electrons. The second-order valence-electron chi connectivity index (χ2n) is 7.60. The first kappa shape index (κ1) is 23.9. The van der Waals surface area contributed by atoms with Gasteiger partial charge < -0.3 is 19.9 Å². The minimum absolute atomic E-state index is 0.0365. The fourth-order valence-corrected chi connectivity index (χ4v) is 4.83. The molecule has 3 aromatic rings. The van der Waals surface area contributed by atoms with E-state index in [1.54, 1.807) is 24.5 Å². The number of rotatable bonds is 3. The monoisotopic (exact) mass is 470 g/mol. The van der Waals surface area contributed by atoms with Gasteiger partial charge in [-0.3, -0.25) is 4.98 Å². The quantitative estimate of drug-likeness (QED) is 0.528. The van der Waals surface area contributed by atoms with E-state index in [-0.39, 0.29) is 12.0 Å². The van der Waals surface area contributed by atoms with E-state index < -0.39 is 24.4 Å². The third kappa shape index (κ3) is 4.85. The smallest absolute Gasteiger partial charge is 0.475 e. The van der Waals surface area contributed by atoms with Gasteiger partial charge in [0.2, 0.25) is 0 Å². The molecule has 0 bridgehead atoms. The lowest BCUT2D eigenvalue weighted by Gasteiger charge is -2.34. The molecular formula is C20H21F3N4O4S. The molecule has 3 heterocycles. The van der Waals surface area contributed by atoms with Crippen LogP contribution < -0.4 is 0 Å². The Labute approximate surface area is 184 Å². The zero-order valence-electron chi connectivity index (χ0n) is 17.0. The van der Waals surface area contributed by atoms with E-state index >= 15 is 0 Å². The van der Waals surface area contributed by atoms with Crippen molar-refractivity contribution in [1.29, 1.82) is 5.26 Å². The third-order valence-electron chi connectivity index (χ3n) is 5.41. The van der Waals surface area contributed by atoms with Crippen LogP contribution in [0.2, 0.25) is 0 Å². The van der Waals surface area contributed by atoms with Gasteiger partial charge in [0.15, 0.2) is 0 Å². The molecule has 1 saturated carbocycles. The molecule has 0 spiro atoms.